The van der Waals surface area contributed by atoms with Crippen LogP contribution in [0.4, 0.5) is 0 Å². The predicted molar refractivity (Wildman–Crippen MR) is 45.4 cm³/mol. The quantitative estimate of drug-likeness (QED) is 0.674. The lowest BCUT2D eigenvalue weighted by atomic mass is 10.4. The molecule has 1 heterocycles. The van der Waals surface area contributed by atoms with Gasteiger partial charge in [0.25, 0.3) is 0 Å². The van der Waals surface area contributed by atoms with Crippen LogP contribution < -0.4 is 5.73 Å². The largest absolute Gasteiger partial charge is 0.335 e. The average Bonchev–Trinajstić information content (AvgIpc) is 2.19. The zero-order valence-electron chi connectivity index (χ0n) is 7.39. The molecule has 1 aromatic heterocycles. The molecule has 0 amide bonds. The van der Waals surface area contributed by atoms with Gasteiger partial charge in [-0.3, -0.25) is 0 Å². The molecule has 0 bridgehead atoms. The van der Waals surface area contributed by atoms with Crippen molar-refractivity contribution in [2.75, 3.05) is 6.54 Å². The number of nitrogens with two attached hydrogens (primary N) is 1. The highest BCUT2D eigenvalue weighted by atomic mass is 15.1. The summed E-state index contributed by atoms with van der Waals surface area (Å²) in [4.78, 5) is 4.38. The molecule has 0 spiro atoms. The SMILES string of the molecule is Cc1nc(CCN)n(C)c1C. The maximum absolute atomic E-state index is 5.44. The number of aryl methyl sites for hydroxylation is 1. The molecule has 0 aliphatic heterocycles. The van der Waals surface area contributed by atoms with Crippen molar-refractivity contribution in [3.63, 3.8) is 0 Å². The normalized spacial score (nSPS) is 10.5. The number of rotatable bonds is 2. The van der Waals surface area contributed by atoms with Gasteiger partial charge in [0, 0.05) is 19.2 Å². The minimum Gasteiger partial charge on any atom is -0.335 e. The molecule has 62 valence electrons. The second-order valence-corrected chi connectivity index (χ2v) is 2.80. The lowest BCUT2D eigenvalue weighted by Gasteiger charge is -1.99. The van der Waals surface area contributed by atoms with Crippen LogP contribution in [0.15, 0.2) is 0 Å². The van der Waals surface area contributed by atoms with E-state index in [2.05, 4.69) is 16.5 Å². The van der Waals surface area contributed by atoms with Gasteiger partial charge >= 0.3 is 0 Å². The van der Waals surface area contributed by atoms with E-state index in [0.29, 0.717) is 6.54 Å². The second kappa shape index (κ2) is 3.05. The third-order valence-corrected chi connectivity index (χ3v) is 2.08. The van der Waals surface area contributed by atoms with E-state index in [0.717, 1.165) is 17.9 Å². The Bertz CT molecular complexity index is 250. The van der Waals surface area contributed by atoms with Gasteiger partial charge in [-0.05, 0) is 20.4 Å². The zero-order chi connectivity index (χ0) is 8.43. The topological polar surface area (TPSA) is 43.8 Å². The summed E-state index contributed by atoms with van der Waals surface area (Å²) in [5, 5.41) is 0. The van der Waals surface area contributed by atoms with E-state index < -0.39 is 0 Å². The van der Waals surface area contributed by atoms with Crippen LogP contribution in [-0.2, 0) is 13.5 Å². The smallest absolute Gasteiger partial charge is 0.110 e. The van der Waals surface area contributed by atoms with Crippen molar-refractivity contribution in [3.05, 3.63) is 17.2 Å². The summed E-state index contributed by atoms with van der Waals surface area (Å²) < 4.78 is 2.10. The van der Waals surface area contributed by atoms with E-state index in [-0.39, 0.29) is 0 Å². The van der Waals surface area contributed by atoms with Gasteiger partial charge in [0.2, 0.25) is 0 Å². The molecule has 0 aliphatic rings. The first-order valence-corrected chi connectivity index (χ1v) is 3.85. The van der Waals surface area contributed by atoms with Gasteiger partial charge in [-0.25, -0.2) is 4.98 Å². The van der Waals surface area contributed by atoms with Crippen molar-refractivity contribution in [1.29, 1.82) is 0 Å². The lowest BCUT2D eigenvalue weighted by Crippen LogP contribution is -2.08. The Balaban J connectivity index is 2.98. The standard InChI is InChI=1S/C8H15N3/c1-6-7(2)11(3)8(10-6)4-5-9/h4-5,9H2,1-3H3. The first-order chi connectivity index (χ1) is 5.16. The molecule has 3 heteroatoms. The fourth-order valence-electron chi connectivity index (χ4n) is 1.14. The molecule has 0 fully saturated rings. The highest BCUT2D eigenvalue weighted by Crippen LogP contribution is 2.07. The maximum Gasteiger partial charge on any atom is 0.110 e. The van der Waals surface area contributed by atoms with Crippen molar-refractivity contribution < 1.29 is 0 Å². The van der Waals surface area contributed by atoms with Gasteiger partial charge < -0.3 is 10.3 Å². The fourth-order valence-corrected chi connectivity index (χ4v) is 1.14. The van der Waals surface area contributed by atoms with Crippen LogP contribution in [0.3, 0.4) is 0 Å². The van der Waals surface area contributed by atoms with Crippen LogP contribution in [0.1, 0.15) is 17.2 Å². The van der Waals surface area contributed by atoms with Gasteiger partial charge in [-0.2, -0.15) is 0 Å². The Labute approximate surface area is 67.2 Å². The molecule has 0 saturated heterocycles. The number of aromatic nitrogens is 2. The van der Waals surface area contributed by atoms with Crippen LogP contribution in [0.2, 0.25) is 0 Å². The molecule has 2 N–H and O–H groups in total. The molecule has 0 atom stereocenters. The molecule has 0 aliphatic carbocycles. The molecular weight excluding hydrogens is 138 g/mol. The van der Waals surface area contributed by atoms with Crippen molar-refractivity contribution in [2.24, 2.45) is 12.8 Å². The summed E-state index contributed by atoms with van der Waals surface area (Å²) in [6.07, 6.45) is 0.866. The zero-order valence-corrected chi connectivity index (χ0v) is 7.39. The minimum absolute atomic E-state index is 0.670. The van der Waals surface area contributed by atoms with E-state index in [1.54, 1.807) is 0 Å². The molecule has 3 nitrogen and oxygen atoms in total. The molecule has 1 rings (SSSR count). The van der Waals surface area contributed by atoms with Crippen molar-refractivity contribution in [1.82, 2.24) is 9.55 Å². The minimum atomic E-state index is 0.670. The number of imidazole rings is 1. The second-order valence-electron chi connectivity index (χ2n) is 2.80. The third kappa shape index (κ3) is 1.43. The van der Waals surface area contributed by atoms with Crippen molar-refractivity contribution >= 4 is 0 Å². The Kier molecular flexibility index (Phi) is 2.29. The Hall–Kier alpha value is -0.830. The van der Waals surface area contributed by atoms with E-state index in [4.69, 9.17) is 5.73 Å². The lowest BCUT2D eigenvalue weighted by molar-refractivity contribution is 0.761. The molecular formula is C8H15N3. The van der Waals surface area contributed by atoms with Crippen LogP contribution >= 0.6 is 0 Å². The number of hydrogen-bond acceptors (Lipinski definition) is 2. The predicted octanol–water partition coefficient (Wildman–Crippen LogP) is 0.538. The average molecular weight is 153 g/mol. The van der Waals surface area contributed by atoms with E-state index in [1.165, 1.54) is 5.69 Å². The maximum atomic E-state index is 5.44. The first-order valence-electron chi connectivity index (χ1n) is 3.85. The third-order valence-electron chi connectivity index (χ3n) is 2.08. The van der Waals surface area contributed by atoms with E-state index in [1.807, 2.05) is 14.0 Å². The highest BCUT2D eigenvalue weighted by molar-refractivity contribution is 5.13. The molecule has 0 unspecified atom stereocenters. The van der Waals surface area contributed by atoms with Crippen molar-refractivity contribution in [3.8, 4) is 0 Å². The van der Waals surface area contributed by atoms with Crippen LogP contribution in [0, 0.1) is 13.8 Å². The molecule has 1 aromatic rings. The number of hydrogen-bond donors (Lipinski definition) is 1. The van der Waals surface area contributed by atoms with E-state index >= 15 is 0 Å². The highest BCUT2D eigenvalue weighted by Gasteiger charge is 2.05. The van der Waals surface area contributed by atoms with Gasteiger partial charge in [0.15, 0.2) is 0 Å². The molecule has 0 aromatic carbocycles. The van der Waals surface area contributed by atoms with Gasteiger partial charge in [0.1, 0.15) is 5.82 Å². The monoisotopic (exact) mass is 153 g/mol. The van der Waals surface area contributed by atoms with Gasteiger partial charge in [0.05, 0.1) is 5.69 Å². The Morgan fingerprint density at radius 1 is 1.45 bits per heavy atom. The van der Waals surface area contributed by atoms with Gasteiger partial charge in [-0.1, -0.05) is 0 Å². The Morgan fingerprint density at radius 3 is 2.45 bits per heavy atom. The van der Waals surface area contributed by atoms with Crippen LogP contribution in [0.5, 0.6) is 0 Å². The summed E-state index contributed by atoms with van der Waals surface area (Å²) in [7, 11) is 2.03. The fraction of sp³-hybridized carbons (Fsp3) is 0.625. The van der Waals surface area contributed by atoms with E-state index in [9.17, 15) is 0 Å². The van der Waals surface area contributed by atoms with Crippen LogP contribution in [-0.4, -0.2) is 16.1 Å². The molecule has 0 saturated carbocycles. The first kappa shape index (κ1) is 8.27. The summed E-state index contributed by atoms with van der Waals surface area (Å²) in [6.45, 7) is 4.77. The Morgan fingerprint density at radius 2 is 2.09 bits per heavy atom. The molecule has 0 radical (unpaired) electrons. The summed E-state index contributed by atoms with van der Waals surface area (Å²) in [6, 6.07) is 0. The number of nitrogens with zero attached hydrogens (tertiary/aromatic N) is 2. The van der Waals surface area contributed by atoms with Gasteiger partial charge in [-0.15, -0.1) is 0 Å². The molecule has 11 heavy (non-hydrogen) atoms. The summed E-state index contributed by atoms with van der Waals surface area (Å²) in [5.41, 5.74) is 7.77. The summed E-state index contributed by atoms with van der Waals surface area (Å²) >= 11 is 0. The summed E-state index contributed by atoms with van der Waals surface area (Å²) in [5.74, 6) is 1.09. The van der Waals surface area contributed by atoms with Crippen molar-refractivity contribution in [2.45, 2.75) is 20.3 Å². The van der Waals surface area contributed by atoms with Crippen LogP contribution in [0.25, 0.3) is 0 Å².